The first kappa shape index (κ1) is 21.2. The van der Waals surface area contributed by atoms with E-state index in [0.717, 1.165) is 48.7 Å². The summed E-state index contributed by atoms with van der Waals surface area (Å²) < 4.78 is 1.79. The summed E-state index contributed by atoms with van der Waals surface area (Å²) in [7, 11) is 0. The molecule has 0 unspecified atom stereocenters. The SMILES string of the molecule is N#Cc1cccc(-c2cc(-c3cn(Cc4cccc(N5CCCC5)n4)nn3)nc(NC3CC3)n2)c1. The van der Waals surface area contributed by atoms with Crippen molar-refractivity contribution in [3.05, 3.63) is 66.0 Å². The van der Waals surface area contributed by atoms with Crippen LogP contribution in [0, 0.1) is 11.3 Å². The first-order valence-electron chi connectivity index (χ1n) is 12.0. The van der Waals surface area contributed by atoms with Crippen molar-refractivity contribution in [3.8, 4) is 28.7 Å². The second kappa shape index (κ2) is 9.14. The van der Waals surface area contributed by atoms with Crippen molar-refractivity contribution in [1.29, 1.82) is 5.26 Å². The van der Waals surface area contributed by atoms with Gasteiger partial charge in [-0.2, -0.15) is 5.26 Å². The molecule has 0 bridgehead atoms. The van der Waals surface area contributed by atoms with Crippen LogP contribution < -0.4 is 10.2 Å². The molecule has 1 N–H and O–H groups in total. The number of hydrogen-bond acceptors (Lipinski definition) is 8. The molecule has 0 spiro atoms. The molecule has 4 heterocycles. The average Bonchev–Trinajstić information content (AvgIpc) is 3.33. The Labute approximate surface area is 203 Å². The van der Waals surface area contributed by atoms with Crippen LogP contribution in [0.1, 0.15) is 36.9 Å². The molecule has 1 aliphatic heterocycles. The maximum atomic E-state index is 9.30. The summed E-state index contributed by atoms with van der Waals surface area (Å²) in [5.41, 5.74) is 4.49. The highest BCUT2D eigenvalue weighted by Gasteiger charge is 2.23. The Bertz CT molecular complexity index is 1390. The summed E-state index contributed by atoms with van der Waals surface area (Å²) in [6, 6.07) is 18.1. The second-order valence-corrected chi connectivity index (χ2v) is 9.06. The van der Waals surface area contributed by atoms with Gasteiger partial charge < -0.3 is 10.2 Å². The molecule has 35 heavy (non-hydrogen) atoms. The number of hydrogen-bond donors (Lipinski definition) is 1. The molecule has 1 aliphatic carbocycles. The van der Waals surface area contributed by atoms with Crippen LogP contribution in [0.25, 0.3) is 22.6 Å². The molecule has 174 valence electrons. The molecule has 9 heteroatoms. The van der Waals surface area contributed by atoms with Gasteiger partial charge in [0.05, 0.1) is 41.5 Å². The lowest BCUT2D eigenvalue weighted by Crippen LogP contribution is -2.19. The van der Waals surface area contributed by atoms with Crippen molar-refractivity contribution >= 4 is 11.8 Å². The average molecular weight is 464 g/mol. The van der Waals surface area contributed by atoms with E-state index in [1.807, 2.05) is 36.5 Å². The van der Waals surface area contributed by atoms with Gasteiger partial charge in [-0.25, -0.2) is 19.6 Å². The smallest absolute Gasteiger partial charge is 0.224 e. The van der Waals surface area contributed by atoms with Gasteiger partial charge in [-0.05, 0) is 56.0 Å². The third-order valence-electron chi connectivity index (χ3n) is 6.27. The fourth-order valence-corrected chi connectivity index (χ4v) is 4.29. The number of nitrogens with zero attached hydrogens (tertiary/aromatic N) is 8. The lowest BCUT2D eigenvalue weighted by Gasteiger charge is -2.16. The largest absolute Gasteiger partial charge is 0.357 e. The Kier molecular flexibility index (Phi) is 5.54. The zero-order valence-electron chi connectivity index (χ0n) is 19.3. The molecule has 1 saturated carbocycles. The highest BCUT2D eigenvalue weighted by atomic mass is 15.4. The van der Waals surface area contributed by atoms with E-state index in [2.05, 4.69) is 38.7 Å². The van der Waals surface area contributed by atoms with E-state index in [1.165, 1.54) is 12.8 Å². The quantitative estimate of drug-likeness (QED) is 0.440. The third-order valence-corrected chi connectivity index (χ3v) is 6.27. The van der Waals surface area contributed by atoms with Gasteiger partial charge in [-0.1, -0.05) is 23.4 Å². The lowest BCUT2D eigenvalue weighted by molar-refractivity contribution is 0.638. The van der Waals surface area contributed by atoms with Crippen LogP contribution in [0.15, 0.2) is 54.7 Å². The lowest BCUT2D eigenvalue weighted by atomic mass is 10.1. The Morgan fingerprint density at radius 2 is 1.77 bits per heavy atom. The minimum atomic E-state index is 0.410. The van der Waals surface area contributed by atoms with Crippen molar-refractivity contribution < 1.29 is 0 Å². The number of anilines is 2. The molecule has 2 fully saturated rings. The number of benzene rings is 1. The fourth-order valence-electron chi connectivity index (χ4n) is 4.29. The van der Waals surface area contributed by atoms with Crippen molar-refractivity contribution in [2.24, 2.45) is 0 Å². The fraction of sp³-hybridized carbons (Fsp3) is 0.308. The van der Waals surface area contributed by atoms with E-state index in [9.17, 15) is 5.26 Å². The Morgan fingerprint density at radius 3 is 2.60 bits per heavy atom. The topological polar surface area (TPSA) is 108 Å². The molecule has 0 radical (unpaired) electrons. The maximum absolute atomic E-state index is 9.30. The molecule has 3 aromatic heterocycles. The summed E-state index contributed by atoms with van der Waals surface area (Å²) in [5.74, 6) is 1.59. The third kappa shape index (κ3) is 4.82. The highest BCUT2D eigenvalue weighted by Crippen LogP contribution is 2.28. The Hall–Kier alpha value is -4.32. The molecule has 9 nitrogen and oxygen atoms in total. The van der Waals surface area contributed by atoms with Gasteiger partial charge in [0, 0.05) is 24.7 Å². The zero-order chi connectivity index (χ0) is 23.6. The first-order valence-corrected chi connectivity index (χ1v) is 12.0. The zero-order valence-corrected chi connectivity index (χ0v) is 19.3. The predicted molar refractivity (Wildman–Crippen MR) is 133 cm³/mol. The number of rotatable bonds is 7. The standard InChI is InChI=1S/C26H25N9/c27-15-18-5-3-6-19(13-18)22-14-23(31-26(30-22)29-20-9-10-20)24-17-35(33-32-24)16-21-7-4-8-25(28-21)34-11-1-2-12-34/h3-8,13-14,17,20H,1-2,9-12,16H2,(H,29,30,31). The molecule has 0 amide bonds. The molecule has 4 aromatic rings. The second-order valence-electron chi connectivity index (χ2n) is 9.06. The van der Waals surface area contributed by atoms with Crippen molar-refractivity contribution in [3.63, 3.8) is 0 Å². The first-order chi connectivity index (χ1) is 17.2. The van der Waals surface area contributed by atoms with Crippen LogP contribution in [0.5, 0.6) is 0 Å². The monoisotopic (exact) mass is 463 g/mol. The van der Waals surface area contributed by atoms with E-state index in [1.54, 1.807) is 10.7 Å². The predicted octanol–water partition coefficient (Wildman–Crippen LogP) is 3.89. The van der Waals surface area contributed by atoms with Gasteiger partial charge in [-0.15, -0.1) is 5.10 Å². The molecular weight excluding hydrogens is 438 g/mol. The number of nitriles is 1. The van der Waals surface area contributed by atoms with Crippen LogP contribution in [0.4, 0.5) is 11.8 Å². The molecule has 6 rings (SSSR count). The van der Waals surface area contributed by atoms with E-state index in [4.69, 9.17) is 15.0 Å². The van der Waals surface area contributed by atoms with Gasteiger partial charge in [0.15, 0.2) is 0 Å². The van der Waals surface area contributed by atoms with Crippen LogP contribution >= 0.6 is 0 Å². The van der Waals surface area contributed by atoms with Crippen LogP contribution in [-0.2, 0) is 6.54 Å². The molecule has 1 aromatic carbocycles. The summed E-state index contributed by atoms with van der Waals surface area (Å²) in [6.07, 6.45) is 6.57. The molecule has 2 aliphatic rings. The van der Waals surface area contributed by atoms with Gasteiger partial charge in [0.2, 0.25) is 5.95 Å². The number of pyridine rings is 1. The van der Waals surface area contributed by atoms with Crippen molar-refractivity contribution in [1.82, 2.24) is 29.9 Å². The van der Waals surface area contributed by atoms with Crippen LogP contribution in [-0.4, -0.2) is 49.1 Å². The highest BCUT2D eigenvalue weighted by molar-refractivity contribution is 5.68. The van der Waals surface area contributed by atoms with Crippen molar-refractivity contribution in [2.45, 2.75) is 38.3 Å². The summed E-state index contributed by atoms with van der Waals surface area (Å²) in [5, 5.41) is 21.4. The Morgan fingerprint density at radius 1 is 0.943 bits per heavy atom. The molecule has 1 saturated heterocycles. The van der Waals surface area contributed by atoms with E-state index in [-0.39, 0.29) is 0 Å². The molecule has 0 atom stereocenters. The number of aromatic nitrogens is 6. The van der Waals surface area contributed by atoms with Crippen LogP contribution in [0.2, 0.25) is 0 Å². The van der Waals surface area contributed by atoms with Gasteiger partial charge in [-0.3, -0.25) is 0 Å². The van der Waals surface area contributed by atoms with Crippen LogP contribution in [0.3, 0.4) is 0 Å². The number of nitrogens with one attached hydrogen (secondary N) is 1. The van der Waals surface area contributed by atoms with Gasteiger partial charge in [0.25, 0.3) is 0 Å². The minimum absolute atomic E-state index is 0.410. The minimum Gasteiger partial charge on any atom is -0.357 e. The molecular formula is C26H25N9. The normalized spacial score (nSPS) is 15.2. The van der Waals surface area contributed by atoms with Crippen molar-refractivity contribution in [2.75, 3.05) is 23.3 Å². The summed E-state index contributed by atoms with van der Waals surface area (Å²) in [4.78, 5) is 16.6. The van der Waals surface area contributed by atoms with E-state index >= 15 is 0 Å². The van der Waals surface area contributed by atoms with Gasteiger partial charge >= 0.3 is 0 Å². The van der Waals surface area contributed by atoms with E-state index < -0.39 is 0 Å². The maximum Gasteiger partial charge on any atom is 0.224 e. The summed E-state index contributed by atoms with van der Waals surface area (Å²) in [6.45, 7) is 2.66. The van der Waals surface area contributed by atoms with E-state index in [0.29, 0.717) is 35.5 Å². The Balaban J connectivity index is 1.28. The summed E-state index contributed by atoms with van der Waals surface area (Å²) >= 11 is 0. The van der Waals surface area contributed by atoms with Gasteiger partial charge in [0.1, 0.15) is 11.5 Å².